The van der Waals surface area contributed by atoms with Gasteiger partial charge in [0, 0.05) is 0 Å². The maximum atomic E-state index is 7.13. The number of anilines is 1. The Morgan fingerprint density at radius 2 is 1.04 bits per heavy atom. The maximum absolute atomic E-state index is 7.13. The van der Waals surface area contributed by atoms with Crippen LogP contribution in [0.1, 0.15) is 76.2 Å². The number of rotatable bonds is 1. The summed E-state index contributed by atoms with van der Waals surface area (Å²) in [5, 5.41) is 0. The van der Waals surface area contributed by atoms with E-state index in [1.54, 1.807) is 0 Å². The number of nitrogens with zero attached hydrogens (tertiary/aromatic N) is 4. The van der Waals surface area contributed by atoms with Crippen LogP contribution in [0.2, 0.25) is 0 Å². The van der Waals surface area contributed by atoms with Crippen molar-refractivity contribution in [3.8, 4) is 0 Å². The van der Waals surface area contributed by atoms with Crippen LogP contribution in [0.5, 0.6) is 0 Å². The van der Waals surface area contributed by atoms with Gasteiger partial charge in [-0.25, -0.2) is 0 Å². The van der Waals surface area contributed by atoms with E-state index in [1.807, 2.05) is 6.07 Å². The molecule has 1 aromatic carbocycles. The second-order valence-corrected chi connectivity index (χ2v) is 24.8. The van der Waals surface area contributed by atoms with Crippen molar-refractivity contribution in [2.24, 2.45) is 0 Å². The Hall–Kier alpha value is -0.560. The first kappa shape index (κ1) is 39.1. The van der Waals surface area contributed by atoms with Crippen molar-refractivity contribution in [3.05, 3.63) is 30.3 Å². The van der Waals surface area contributed by atoms with Crippen molar-refractivity contribution >= 4 is 20.8 Å². The van der Waals surface area contributed by atoms with Crippen LogP contribution < -0.4 is 4.90 Å². The molecule has 0 radical (unpaired) electrons. The van der Waals surface area contributed by atoms with E-state index in [0.29, 0.717) is 71.9 Å². The topological polar surface area (TPSA) is 86.8 Å². The molecule has 1 aromatic rings. The Kier molecular flexibility index (Phi) is 10.2. The van der Waals surface area contributed by atoms with Gasteiger partial charge in [0.25, 0.3) is 0 Å². The van der Waals surface area contributed by atoms with Crippen molar-refractivity contribution in [2.75, 3.05) is 96.5 Å². The summed E-state index contributed by atoms with van der Waals surface area (Å²) in [4.78, 5) is 4.69. The van der Waals surface area contributed by atoms with E-state index in [1.165, 1.54) is 0 Å². The molecule has 0 aliphatic carbocycles. The average Bonchev–Trinajstić information content (AvgIpc) is 3.49. The Morgan fingerprint density at radius 3 is 1.60 bits per heavy atom. The molecule has 14 heteroatoms. The van der Waals surface area contributed by atoms with Gasteiger partial charge in [-0.3, -0.25) is 0 Å². The molecule has 0 saturated carbocycles. The van der Waals surface area contributed by atoms with Crippen LogP contribution in [-0.2, 0) is 36.4 Å². The fourth-order valence-corrected chi connectivity index (χ4v) is 18.4. The Labute approximate surface area is 301 Å². The van der Waals surface area contributed by atoms with Crippen LogP contribution in [0, 0.1) is 0 Å². The summed E-state index contributed by atoms with van der Waals surface area (Å²) < 4.78 is 60.2. The van der Waals surface area contributed by atoms with E-state index in [2.05, 4.69) is 120 Å². The molecular weight excluding hydrogens is 678 g/mol. The second-order valence-electron chi connectivity index (χ2n) is 18.1. The van der Waals surface area contributed by atoms with Crippen LogP contribution in [0.4, 0.5) is 5.69 Å². The molecular formula is C36H66N4O8P2. The fraction of sp³-hybridized carbons (Fsp3) is 0.833. The van der Waals surface area contributed by atoms with Gasteiger partial charge in [-0.15, -0.1) is 0 Å². The third-order valence-corrected chi connectivity index (χ3v) is 18.9. The third-order valence-electron chi connectivity index (χ3n) is 10.1. The van der Waals surface area contributed by atoms with E-state index < -0.39 is 37.5 Å². The van der Waals surface area contributed by atoms with Crippen LogP contribution in [-0.4, -0.2) is 134 Å². The first-order chi connectivity index (χ1) is 23.1. The Morgan fingerprint density at radius 1 is 0.560 bits per heavy atom. The van der Waals surface area contributed by atoms with Gasteiger partial charge >= 0.3 is 302 Å². The minimum atomic E-state index is -4.19. The van der Waals surface area contributed by atoms with Crippen LogP contribution >= 0.6 is 15.1 Å². The SMILES string of the molecule is CC1(C)CN2CC(C)(C)OP23(CCOCCN(C(C)(C)C)CCOP24(OCCN(c5ccccc5)CCO3)OC(C)(C)CN2CC(C)(C)O4)O1. The zero-order valence-electron chi connectivity index (χ0n) is 32.7. The number of ether oxygens (including phenoxy) is 1. The molecule has 5 saturated heterocycles. The molecule has 5 fully saturated rings. The summed E-state index contributed by atoms with van der Waals surface area (Å²) in [6.07, 6.45) is 0.552. The fourth-order valence-electron chi connectivity index (χ4n) is 8.52. The van der Waals surface area contributed by atoms with Crippen molar-refractivity contribution in [1.29, 1.82) is 0 Å². The zero-order valence-corrected chi connectivity index (χ0v) is 34.5. The van der Waals surface area contributed by atoms with Gasteiger partial charge in [0.1, 0.15) is 0 Å². The molecule has 288 valence electrons. The second kappa shape index (κ2) is 13.0. The standard InChI is InChI=1S/C36H66N4O8P2/c1-32(2,3)38-19-21-41-25-26-49(39(27-33(4,5)45-49)28-34(6,7)46-49)42-22-17-37(31-15-13-12-14-16-31)18-23-43-50(44-24-20-38)40(29-35(8,9)47-50)30-36(10,11)48-50/h12-16H,17-30H2,1-11H3. The van der Waals surface area contributed by atoms with E-state index in [-0.39, 0.29) is 5.54 Å². The third kappa shape index (κ3) is 7.68. The first-order valence-electron chi connectivity index (χ1n) is 18.6. The summed E-state index contributed by atoms with van der Waals surface area (Å²) in [6, 6.07) is 10.4. The Balaban J connectivity index is 1.34. The van der Waals surface area contributed by atoms with Crippen LogP contribution in [0.25, 0.3) is 0 Å². The Bertz CT molecular complexity index is 1330. The van der Waals surface area contributed by atoms with Gasteiger partial charge in [-0.05, 0) is 0 Å². The van der Waals surface area contributed by atoms with E-state index in [9.17, 15) is 0 Å². The predicted octanol–water partition coefficient (Wildman–Crippen LogP) is 6.85. The molecule has 0 amide bonds. The molecule has 0 bridgehead atoms. The molecule has 0 atom stereocenters. The van der Waals surface area contributed by atoms with E-state index in [4.69, 9.17) is 36.4 Å². The summed E-state index contributed by atoms with van der Waals surface area (Å²) in [6.45, 7) is 31.2. The molecule has 5 heterocycles. The van der Waals surface area contributed by atoms with Gasteiger partial charge in [0.05, 0.1) is 0 Å². The van der Waals surface area contributed by atoms with Gasteiger partial charge < -0.3 is 0 Å². The molecule has 0 N–H and O–H groups in total. The predicted molar refractivity (Wildman–Crippen MR) is 201 cm³/mol. The average molecular weight is 745 g/mol. The van der Waals surface area contributed by atoms with Crippen molar-refractivity contribution < 1.29 is 36.4 Å². The molecule has 12 nitrogen and oxygen atoms in total. The number of para-hydroxylation sites is 1. The summed E-state index contributed by atoms with van der Waals surface area (Å²) in [7, 11) is -7.93. The molecule has 5 aliphatic heterocycles. The zero-order chi connectivity index (χ0) is 36.4. The molecule has 0 aromatic heterocycles. The molecule has 5 aliphatic rings. The number of hydrogen-bond donors (Lipinski definition) is 0. The van der Waals surface area contributed by atoms with Gasteiger partial charge in [-0.2, -0.15) is 0 Å². The summed E-state index contributed by atoms with van der Waals surface area (Å²) in [5.74, 6) is 0. The minimum absolute atomic E-state index is 0.118. The molecule has 2 spiro atoms. The van der Waals surface area contributed by atoms with Gasteiger partial charge in [0.2, 0.25) is 0 Å². The summed E-state index contributed by atoms with van der Waals surface area (Å²) >= 11 is 0. The molecule has 50 heavy (non-hydrogen) atoms. The number of hydrogen-bond acceptors (Lipinski definition) is 12. The van der Waals surface area contributed by atoms with Crippen molar-refractivity contribution in [1.82, 2.24) is 14.2 Å². The quantitative estimate of drug-likeness (QED) is 0.282. The monoisotopic (exact) mass is 744 g/mol. The first-order valence-corrected chi connectivity index (χ1v) is 22.5. The van der Waals surface area contributed by atoms with Crippen molar-refractivity contribution in [3.63, 3.8) is 0 Å². The van der Waals surface area contributed by atoms with E-state index in [0.717, 1.165) is 25.3 Å². The van der Waals surface area contributed by atoms with Crippen LogP contribution in [0.3, 0.4) is 0 Å². The van der Waals surface area contributed by atoms with Gasteiger partial charge in [0.15, 0.2) is 0 Å². The molecule has 0 unspecified atom stereocenters. The summed E-state index contributed by atoms with van der Waals surface area (Å²) in [5.41, 5.74) is -0.849. The molecule has 6 rings (SSSR count). The normalized spacial score (nSPS) is 33.0. The number of benzene rings is 1. The van der Waals surface area contributed by atoms with Gasteiger partial charge in [-0.1, -0.05) is 0 Å². The van der Waals surface area contributed by atoms with Crippen LogP contribution in [0.15, 0.2) is 30.3 Å². The van der Waals surface area contributed by atoms with Crippen molar-refractivity contribution in [2.45, 2.75) is 104 Å². The van der Waals surface area contributed by atoms with E-state index >= 15 is 0 Å².